The summed E-state index contributed by atoms with van der Waals surface area (Å²) < 4.78 is 70.0. The summed E-state index contributed by atoms with van der Waals surface area (Å²) in [5.41, 5.74) is -0.475. The van der Waals surface area contributed by atoms with Gasteiger partial charge < -0.3 is 10.2 Å². The van der Waals surface area contributed by atoms with Gasteiger partial charge in [-0.1, -0.05) is 72.4 Å². The van der Waals surface area contributed by atoms with Crippen LogP contribution >= 0.6 is 34.8 Å². The van der Waals surface area contributed by atoms with Crippen LogP contribution in [-0.4, -0.2) is 43.8 Å². The average molecular weight is 707 g/mol. The summed E-state index contributed by atoms with van der Waals surface area (Å²) >= 11 is 18.1. The van der Waals surface area contributed by atoms with Crippen LogP contribution in [0.3, 0.4) is 0 Å². The van der Waals surface area contributed by atoms with Gasteiger partial charge in [0, 0.05) is 12.6 Å². The van der Waals surface area contributed by atoms with Gasteiger partial charge in [0.1, 0.15) is 12.6 Å². The Morgan fingerprint density at radius 2 is 1.51 bits per heavy atom. The minimum atomic E-state index is -4.91. The average Bonchev–Trinajstić information content (AvgIpc) is 2.97. The highest BCUT2D eigenvalue weighted by Gasteiger charge is 2.37. The maximum atomic E-state index is 14.2. The topological polar surface area (TPSA) is 86.8 Å². The molecule has 0 saturated heterocycles. The number of nitrogens with one attached hydrogen (secondary N) is 1. The minimum Gasteiger partial charge on any atom is -0.352 e. The molecular weight excluding hydrogens is 674 g/mol. The molecule has 45 heavy (non-hydrogen) atoms. The third-order valence-corrected chi connectivity index (χ3v) is 10.0. The van der Waals surface area contributed by atoms with Crippen LogP contribution in [0, 0.1) is 6.92 Å². The van der Waals surface area contributed by atoms with Gasteiger partial charge in [-0.05, 0) is 74.7 Å². The molecule has 0 aliphatic heterocycles. The first-order valence-electron chi connectivity index (χ1n) is 14.0. The monoisotopic (exact) mass is 705 g/mol. The first-order chi connectivity index (χ1) is 21.0. The number of carbonyl (C=O) groups excluding carboxylic acids is 2. The molecule has 3 rings (SSSR count). The number of amides is 2. The van der Waals surface area contributed by atoms with E-state index in [2.05, 4.69) is 5.32 Å². The number of halogens is 6. The number of alkyl halides is 3. The first-order valence-corrected chi connectivity index (χ1v) is 16.6. The quantitative estimate of drug-likeness (QED) is 0.208. The summed E-state index contributed by atoms with van der Waals surface area (Å²) in [6, 6.07) is 11.6. The molecule has 0 bridgehead atoms. The van der Waals surface area contributed by atoms with Crippen LogP contribution in [0.25, 0.3) is 0 Å². The molecule has 3 aromatic rings. The number of rotatable bonds is 12. The molecule has 0 spiro atoms. The van der Waals surface area contributed by atoms with Crippen molar-refractivity contribution in [3.63, 3.8) is 0 Å². The molecule has 14 heteroatoms. The van der Waals surface area contributed by atoms with E-state index in [-0.39, 0.29) is 33.9 Å². The number of anilines is 1. The third kappa shape index (κ3) is 9.06. The molecule has 0 unspecified atom stereocenters. The zero-order chi connectivity index (χ0) is 33.7. The number of benzene rings is 3. The lowest BCUT2D eigenvalue weighted by Crippen LogP contribution is -2.53. The van der Waals surface area contributed by atoms with Crippen LogP contribution in [0.2, 0.25) is 15.1 Å². The molecule has 1 N–H and O–H groups in total. The largest absolute Gasteiger partial charge is 0.417 e. The smallest absolute Gasteiger partial charge is 0.352 e. The van der Waals surface area contributed by atoms with E-state index in [1.807, 2.05) is 6.92 Å². The summed E-state index contributed by atoms with van der Waals surface area (Å²) in [5, 5.41) is 2.67. The molecule has 0 aliphatic rings. The van der Waals surface area contributed by atoms with Crippen LogP contribution in [0.15, 0.2) is 65.6 Å². The van der Waals surface area contributed by atoms with Crippen molar-refractivity contribution in [3.8, 4) is 0 Å². The second kappa shape index (κ2) is 15.1. The van der Waals surface area contributed by atoms with Crippen molar-refractivity contribution in [1.82, 2.24) is 10.2 Å². The van der Waals surface area contributed by atoms with Gasteiger partial charge in [-0.15, -0.1) is 0 Å². The zero-order valence-electron chi connectivity index (χ0n) is 25.0. The van der Waals surface area contributed by atoms with E-state index in [0.29, 0.717) is 22.4 Å². The molecule has 2 amide bonds. The third-order valence-electron chi connectivity index (χ3n) is 7.16. The van der Waals surface area contributed by atoms with Gasteiger partial charge in [0.2, 0.25) is 11.8 Å². The van der Waals surface area contributed by atoms with Gasteiger partial charge >= 0.3 is 6.18 Å². The molecule has 0 heterocycles. The highest BCUT2D eigenvalue weighted by Crippen LogP contribution is 2.38. The predicted octanol–water partition coefficient (Wildman–Crippen LogP) is 7.89. The lowest BCUT2D eigenvalue weighted by molar-refractivity contribution is -0.140. The van der Waals surface area contributed by atoms with Crippen LogP contribution in [0.5, 0.6) is 0 Å². The number of hydrogen-bond acceptors (Lipinski definition) is 4. The van der Waals surface area contributed by atoms with Crippen molar-refractivity contribution < 1.29 is 31.2 Å². The Balaban J connectivity index is 2.16. The molecule has 3 aromatic carbocycles. The maximum Gasteiger partial charge on any atom is 0.417 e. The highest BCUT2D eigenvalue weighted by atomic mass is 35.5. The Morgan fingerprint density at radius 3 is 2.07 bits per heavy atom. The molecule has 2 atom stereocenters. The number of sulfonamides is 1. The Kier molecular flexibility index (Phi) is 12.2. The SMILES string of the molecule is CC[C@H](C(=O)N[C@@H](C)CC)N(Cc1ccc(Cl)c(Cl)c1)C(=O)CN(c1ccc(Cl)c(C(F)(F)F)c1)S(=O)(=O)c1ccc(C)cc1. The van der Waals surface area contributed by atoms with Crippen LogP contribution in [0.4, 0.5) is 18.9 Å². The van der Waals surface area contributed by atoms with Crippen LogP contribution < -0.4 is 9.62 Å². The predicted molar refractivity (Wildman–Crippen MR) is 171 cm³/mol. The fourth-order valence-electron chi connectivity index (χ4n) is 4.45. The lowest BCUT2D eigenvalue weighted by atomic mass is 10.1. The van der Waals surface area contributed by atoms with Gasteiger partial charge in [0.25, 0.3) is 10.0 Å². The van der Waals surface area contributed by atoms with Gasteiger partial charge in [-0.25, -0.2) is 8.42 Å². The highest BCUT2D eigenvalue weighted by molar-refractivity contribution is 7.92. The van der Waals surface area contributed by atoms with Crippen molar-refractivity contribution >= 4 is 62.3 Å². The van der Waals surface area contributed by atoms with Gasteiger partial charge in [0.15, 0.2) is 0 Å². The number of hydrogen-bond donors (Lipinski definition) is 1. The summed E-state index contributed by atoms with van der Waals surface area (Å²) in [6.07, 6.45) is -4.14. The summed E-state index contributed by atoms with van der Waals surface area (Å²) in [4.78, 5) is 28.5. The Bertz CT molecular complexity index is 1640. The van der Waals surface area contributed by atoms with Crippen molar-refractivity contribution in [1.29, 1.82) is 0 Å². The van der Waals surface area contributed by atoms with Gasteiger partial charge in [-0.3, -0.25) is 13.9 Å². The molecular formula is C31H33Cl3F3N3O4S. The second-order valence-electron chi connectivity index (χ2n) is 10.5. The van der Waals surface area contributed by atoms with Crippen molar-refractivity contribution in [3.05, 3.63) is 92.4 Å². The fraction of sp³-hybridized carbons (Fsp3) is 0.355. The first kappa shape index (κ1) is 36.5. The Morgan fingerprint density at radius 1 is 0.889 bits per heavy atom. The number of carbonyl (C=O) groups is 2. The minimum absolute atomic E-state index is 0.152. The van der Waals surface area contributed by atoms with Crippen molar-refractivity contribution in [2.24, 2.45) is 0 Å². The molecule has 0 aromatic heterocycles. The van der Waals surface area contributed by atoms with Gasteiger partial charge in [-0.2, -0.15) is 13.2 Å². The van der Waals surface area contributed by atoms with Crippen molar-refractivity contribution in [2.75, 3.05) is 10.8 Å². The normalized spacial score (nSPS) is 13.2. The van der Waals surface area contributed by atoms with Crippen LogP contribution in [-0.2, 0) is 32.3 Å². The molecule has 0 aliphatic carbocycles. The lowest BCUT2D eigenvalue weighted by Gasteiger charge is -2.34. The van der Waals surface area contributed by atoms with E-state index in [9.17, 15) is 31.2 Å². The summed E-state index contributed by atoms with van der Waals surface area (Å²) in [5.74, 6) is -1.31. The second-order valence-corrected chi connectivity index (χ2v) is 13.6. The summed E-state index contributed by atoms with van der Waals surface area (Å²) in [6.45, 7) is 6.00. The molecule has 0 radical (unpaired) electrons. The van der Waals surface area contributed by atoms with E-state index in [1.54, 1.807) is 26.8 Å². The van der Waals surface area contributed by atoms with E-state index in [0.717, 1.165) is 17.7 Å². The molecule has 244 valence electrons. The molecule has 7 nitrogen and oxygen atoms in total. The van der Waals surface area contributed by atoms with Gasteiger partial charge in [0.05, 0.1) is 31.2 Å². The van der Waals surface area contributed by atoms with E-state index >= 15 is 0 Å². The standard InChI is InChI=1S/C31H33Cl3F3N3O4S/c1-5-20(4)38-30(42)28(6-2)39(17-21-9-13-26(33)27(34)15-21)29(41)18-40(45(43,44)23-11-7-19(3)8-12-23)22-10-14-25(32)24(16-22)31(35,36)37/h7-16,20,28H,5-6,17-18H2,1-4H3,(H,38,42)/t20-,28+/m0/s1. The fourth-order valence-corrected chi connectivity index (χ4v) is 6.40. The van der Waals surface area contributed by atoms with Crippen molar-refractivity contribution in [2.45, 2.75) is 70.2 Å². The van der Waals surface area contributed by atoms with Crippen LogP contribution in [0.1, 0.15) is 50.3 Å². The number of nitrogens with zero attached hydrogens (tertiary/aromatic N) is 2. The van der Waals surface area contributed by atoms with E-state index < -0.39 is 56.9 Å². The van der Waals surface area contributed by atoms with E-state index in [1.165, 1.54) is 41.3 Å². The Hall–Kier alpha value is -2.99. The van der Waals surface area contributed by atoms with E-state index in [4.69, 9.17) is 34.8 Å². The number of aryl methyl sites for hydroxylation is 1. The zero-order valence-corrected chi connectivity index (χ0v) is 28.0. The molecule has 0 saturated carbocycles. The molecule has 0 fully saturated rings. The summed E-state index contributed by atoms with van der Waals surface area (Å²) in [7, 11) is -4.60. The Labute approximate surface area is 276 Å². The maximum absolute atomic E-state index is 14.2.